The van der Waals surface area contributed by atoms with E-state index in [4.69, 9.17) is 0 Å². The van der Waals surface area contributed by atoms with Gasteiger partial charge in [0.2, 0.25) is 0 Å². The molecule has 1 aromatic rings. The van der Waals surface area contributed by atoms with Crippen molar-refractivity contribution < 1.29 is 0 Å². The molecule has 0 radical (unpaired) electrons. The Bertz CT molecular complexity index is 310. The van der Waals surface area contributed by atoms with Gasteiger partial charge in [-0.25, -0.2) is 0 Å². The molecule has 0 aliphatic carbocycles. The Morgan fingerprint density at radius 1 is 1.54 bits per heavy atom. The van der Waals surface area contributed by atoms with E-state index in [-0.39, 0.29) is 0 Å². The van der Waals surface area contributed by atoms with Crippen molar-refractivity contribution in [2.24, 2.45) is 0 Å². The minimum atomic E-state index is 0.816. The molecule has 0 amide bonds. The van der Waals surface area contributed by atoms with Crippen LogP contribution in [0, 0.1) is 0 Å². The normalized spacial score (nSPS) is 9.77. The van der Waals surface area contributed by atoms with Crippen molar-refractivity contribution in [1.29, 1.82) is 0 Å². The number of nitrogens with zero attached hydrogens (tertiary/aromatic N) is 1. The lowest BCUT2D eigenvalue weighted by Gasteiger charge is -2.18. The maximum absolute atomic E-state index is 3.81. The second-order valence-corrected chi connectivity index (χ2v) is 4.89. The van der Waals surface area contributed by atoms with E-state index in [2.05, 4.69) is 55.5 Å². The molecule has 3 heteroatoms. The van der Waals surface area contributed by atoms with Crippen LogP contribution in [0.25, 0.3) is 0 Å². The highest BCUT2D eigenvalue weighted by Gasteiger charge is 2.00. The molecule has 0 spiro atoms. The first kappa shape index (κ1) is 10.8. The summed E-state index contributed by atoms with van der Waals surface area (Å²) in [5.41, 5.74) is 1.18. The molecule has 13 heavy (non-hydrogen) atoms. The fourth-order valence-corrected chi connectivity index (χ4v) is 1.83. The van der Waals surface area contributed by atoms with E-state index in [9.17, 15) is 0 Å². The SMILES string of the molecule is C=C(Br)CN(C)c1cccc(Br)c1. The number of anilines is 1. The molecule has 1 nitrogen and oxygen atoms in total. The minimum Gasteiger partial charge on any atom is -0.370 e. The maximum Gasteiger partial charge on any atom is 0.0485 e. The monoisotopic (exact) mass is 303 g/mol. The van der Waals surface area contributed by atoms with Crippen LogP contribution >= 0.6 is 31.9 Å². The third kappa shape index (κ3) is 3.53. The number of likely N-dealkylation sites (N-methyl/N-ethyl adjacent to an activating group) is 1. The highest BCUT2D eigenvalue weighted by Crippen LogP contribution is 2.19. The van der Waals surface area contributed by atoms with Crippen LogP contribution in [0.3, 0.4) is 0 Å². The quantitative estimate of drug-likeness (QED) is 0.821. The Hall–Kier alpha value is -0.280. The van der Waals surface area contributed by atoms with E-state index < -0.39 is 0 Å². The van der Waals surface area contributed by atoms with Gasteiger partial charge in [0.1, 0.15) is 0 Å². The molecule has 0 saturated heterocycles. The van der Waals surface area contributed by atoms with Crippen LogP contribution < -0.4 is 4.90 Å². The van der Waals surface area contributed by atoms with Gasteiger partial charge in [0, 0.05) is 28.2 Å². The topological polar surface area (TPSA) is 3.24 Å². The standard InChI is InChI=1S/C10H11Br2N/c1-8(11)7-13(2)10-5-3-4-9(12)6-10/h3-6H,1,7H2,2H3. The second kappa shape index (κ2) is 4.82. The Labute approximate surface area is 95.7 Å². The summed E-state index contributed by atoms with van der Waals surface area (Å²) >= 11 is 6.78. The molecule has 0 N–H and O–H groups in total. The van der Waals surface area contributed by atoms with Gasteiger partial charge in [-0.3, -0.25) is 0 Å². The van der Waals surface area contributed by atoms with Crippen molar-refractivity contribution in [2.45, 2.75) is 0 Å². The van der Waals surface area contributed by atoms with Gasteiger partial charge in [-0.2, -0.15) is 0 Å². The van der Waals surface area contributed by atoms with Crippen LogP contribution in [-0.4, -0.2) is 13.6 Å². The fraction of sp³-hybridized carbons (Fsp3) is 0.200. The van der Waals surface area contributed by atoms with E-state index in [0.717, 1.165) is 15.5 Å². The summed E-state index contributed by atoms with van der Waals surface area (Å²) in [7, 11) is 2.04. The third-order valence-electron chi connectivity index (χ3n) is 1.66. The summed E-state index contributed by atoms with van der Waals surface area (Å²) in [4.78, 5) is 2.13. The second-order valence-electron chi connectivity index (χ2n) is 2.85. The summed E-state index contributed by atoms with van der Waals surface area (Å²) < 4.78 is 2.08. The molecule has 0 bridgehead atoms. The molecule has 1 aromatic carbocycles. The lowest BCUT2D eigenvalue weighted by molar-refractivity contribution is 1.03. The first-order chi connectivity index (χ1) is 6.09. The molecule has 0 fully saturated rings. The smallest absolute Gasteiger partial charge is 0.0485 e. The van der Waals surface area contributed by atoms with E-state index in [0.29, 0.717) is 0 Å². The van der Waals surface area contributed by atoms with Crippen LogP contribution in [-0.2, 0) is 0 Å². The number of hydrogen-bond donors (Lipinski definition) is 0. The van der Waals surface area contributed by atoms with Crippen molar-refractivity contribution >= 4 is 37.5 Å². The van der Waals surface area contributed by atoms with E-state index >= 15 is 0 Å². The fourth-order valence-electron chi connectivity index (χ4n) is 1.06. The predicted molar refractivity (Wildman–Crippen MR) is 65.5 cm³/mol. The molecule has 1 rings (SSSR count). The largest absolute Gasteiger partial charge is 0.370 e. The first-order valence-corrected chi connectivity index (χ1v) is 5.48. The summed E-state index contributed by atoms with van der Waals surface area (Å²) in [5.74, 6) is 0. The van der Waals surface area contributed by atoms with Crippen LogP contribution in [0.4, 0.5) is 5.69 Å². The lowest BCUT2D eigenvalue weighted by Crippen LogP contribution is -2.17. The van der Waals surface area contributed by atoms with Gasteiger partial charge in [0.15, 0.2) is 0 Å². The van der Waals surface area contributed by atoms with E-state index in [1.165, 1.54) is 5.69 Å². The zero-order valence-electron chi connectivity index (χ0n) is 7.43. The van der Waals surface area contributed by atoms with Gasteiger partial charge in [0.25, 0.3) is 0 Å². The van der Waals surface area contributed by atoms with Gasteiger partial charge in [-0.1, -0.05) is 44.5 Å². The van der Waals surface area contributed by atoms with Crippen LogP contribution in [0.1, 0.15) is 0 Å². The van der Waals surface area contributed by atoms with Gasteiger partial charge >= 0.3 is 0 Å². The summed E-state index contributed by atoms with van der Waals surface area (Å²) in [6.45, 7) is 4.62. The van der Waals surface area contributed by atoms with Gasteiger partial charge in [0.05, 0.1) is 0 Å². The molecule has 0 aromatic heterocycles. The van der Waals surface area contributed by atoms with Crippen molar-refractivity contribution in [1.82, 2.24) is 0 Å². The average Bonchev–Trinajstić information content (AvgIpc) is 2.03. The summed E-state index contributed by atoms with van der Waals surface area (Å²) in [6.07, 6.45) is 0. The van der Waals surface area contributed by atoms with Crippen molar-refractivity contribution in [3.63, 3.8) is 0 Å². The molecule has 0 saturated carbocycles. The van der Waals surface area contributed by atoms with Gasteiger partial charge in [-0.15, -0.1) is 0 Å². The summed E-state index contributed by atoms with van der Waals surface area (Å²) in [5, 5.41) is 0. The van der Waals surface area contributed by atoms with Crippen LogP contribution in [0.2, 0.25) is 0 Å². The molecule has 0 aliphatic heterocycles. The van der Waals surface area contributed by atoms with Gasteiger partial charge in [-0.05, 0) is 18.2 Å². The first-order valence-electron chi connectivity index (χ1n) is 3.89. The Morgan fingerprint density at radius 2 is 2.23 bits per heavy atom. The zero-order valence-corrected chi connectivity index (χ0v) is 10.6. The molecule has 0 unspecified atom stereocenters. The zero-order chi connectivity index (χ0) is 9.84. The molecular formula is C10H11Br2N. The molecular weight excluding hydrogens is 294 g/mol. The third-order valence-corrected chi connectivity index (χ3v) is 2.40. The average molecular weight is 305 g/mol. The van der Waals surface area contributed by atoms with Crippen LogP contribution in [0.5, 0.6) is 0 Å². The Kier molecular flexibility index (Phi) is 4.00. The highest BCUT2D eigenvalue weighted by atomic mass is 79.9. The van der Waals surface area contributed by atoms with Crippen molar-refractivity contribution in [3.05, 3.63) is 39.8 Å². The minimum absolute atomic E-state index is 0.816. The van der Waals surface area contributed by atoms with E-state index in [1.54, 1.807) is 0 Å². The Morgan fingerprint density at radius 3 is 2.77 bits per heavy atom. The number of benzene rings is 1. The number of rotatable bonds is 3. The van der Waals surface area contributed by atoms with Crippen LogP contribution in [0.15, 0.2) is 39.8 Å². The Balaban J connectivity index is 2.76. The highest BCUT2D eigenvalue weighted by molar-refractivity contribution is 9.11. The predicted octanol–water partition coefficient (Wildman–Crippen LogP) is 3.79. The molecule has 0 heterocycles. The van der Waals surface area contributed by atoms with Crippen molar-refractivity contribution in [3.8, 4) is 0 Å². The number of hydrogen-bond acceptors (Lipinski definition) is 1. The molecule has 0 atom stereocenters. The molecule has 70 valence electrons. The molecule has 0 aliphatic rings. The number of halogens is 2. The summed E-state index contributed by atoms with van der Waals surface area (Å²) in [6, 6.07) is 8.18. The lowest BCUT2D eigenvalue weighted by atomic mass is 10.3. The van der Waals surface area contributed by atoms with E-state index in [1.807, 2.05) is 19.2 Å². The maximum atomic E-state index is 3.81. The van der Waals surface area contributed by atoms with Crippen molar-refractivity contribution in [2.75, 3.05) is 18.5 Å². The van der Waals surface area contributed by atoms with Gasteiger partial charge < -0.3 is 4.90 Å².